The summed E-state index contributed by atoms with van der Waals surface area (Å²) in [4.78, 5) is 11.2. The van der Waals surface area contributed by atoms with Gasteiger partial charge in [-0.1, -0.05) is 36.7 Å². The zero-order chi connectivity index (χ0) is 13.1. The first kappa shape index (κ1) is 13.6. The zero-order valence-electron chi connectivity index (χ0n) is 9.91. The van der Waals surface area contributed by atoms with Crippen molar-refractivity contribution in [3.8, 4) is 11.1 Å². The van der Waals surface area contributed by atoms with E-state index in [4.69, 9.17) is 11.6 Å². The van der Waals surface area contributed by atoms with Crippen LogP contribution in [0.3, 0.4) is 0 Å². The molecule has 2 aromatic rings. The molecule has 0 radical (unpaired) electrons. The average Bonchev–Trinajstić information content (AvgIpc) is 2.38. The lowest BCUT2D eigenvalue weighted by Gasteiger charge is -2.13. The molecule has 0 unspecified atom stereocenters. The van der Waals surface area contributed by atoms with Gasteiger partial charge in [0.05, 0.1) is 0 Å². The Morgan fingerprint density at radius 1 is 1.22 bits per heavy atom. The molecule has 0 aliphatic rings. The molecule has 0 saturated heterocycles. The molecular formula is C15H12ClIO. The van der Waals surface area contributed by atoms with Gasteiger partial charge in [-0.25, -0.2) is 0 Å². The van der Waals surface area contributed by atoms with Gasteiger partial charge in [0.2, 0.25) is 0 Å². The van der Waals surface area contributed by atoms with Crippen LogP contribution in [0.5, 0.6) is 0 Å². The Morgan fingerprint density at radius 3 is 2.56 bits per heavy atom. The van der Waals surface area contributed by atoms with Crippen LogP contribution in [0.2, 0.25) is 5.02 Å². The van der Waals surface area contributed by atoms with Crippen LogP contribution in [-0.4, -0.2) is 6.29 Å². The average molecular weight is 371 g/mol. The number of benzene rings is 2. The molecule has 0 aliphatic carbocycles. The Kier molecular flexibility index (Phi) is 4.40. The van der Waals surface area contributed by atoms with Gasteiger partial charge in [-0.05, 0) is 58.3 Å². The predicted octanol–water partition coefficient (Wildman–Crippen LogP) is 4.99. The molecule has 0 amide bonds. The molecule has 2 aromatic carbocycles. The first-order valence-electron chi connectivity index (χ1n) is 5.70. The van der Waals surface area contributed by atoms with E-state index in [1.165, 1.54) is 0 Å². The van der Waals surface area contributed by atoms with Crippen molar-refractivity contribution in [1.29, 1.82) is 0 Å². The SMILES string of the molecule is CCc1c(C=O)cc(I)cc1-c1ccccc1Cl. The third-order valence-electron chi connectivity index (χ3n) is 2.89. The molecule has 0 atom stereocenters. The molecular weight excluding hydrogens is 359 g/mol. The van der Waals surface area contributed by atoms with Crippen LogP contribution in [-0.2, 0) is 6.42 Å². The van der Waals surface area contributed by atoms with E-state index in [0.717, 1.165) is 38.5 Å². The number of hydrogen-bond acceptors (Lipinski definition) is 1. The maximum Gasteiger partial charge on any atom is 0.150 e. The number of hydrogen-bond donors (Lipinski definition) is 0. The number of aldehydes is 1. The van der Waals surface area contributed by atoms with Crippen molar-refractivity contribution in [2.24, 2.45) is 0 Å². The summed E-state index contributed by atoms with van der Waals surface area (Å²) >= 11 is 8.47. The molecule has 0 aliphatic heterocycles. The molecule has 0 N–H and O–H groups in total. The molecule has 0 bridgehead atoms. The van der Waals surface area contributed by atoms with Gasteiger partial charge < -0.3 is 0 Å². The van der Waals surface area contributed by atoms with E-state index in [1.807, 2.05) is 30.3 Å². The minimum Gasteiger partial charge on any atom is -0.298 e. The van der Waals surface area contributed by atoms with E-state index >= 15 is 0 Å². The normalized spacial score (nSPS) is 10.4. The second-order valence-corrected chi connectivity index (χ2v) is 5.63. The largest absolute Gasteiger partial charge is 0.298 e. The molecule has 2 rings (SSSR count). The van der Waals surface area contributed by atoms with Gasteiger partial charge in [0.25, 0.3) is 0 Å². The quantitative estimate of drug-likeness (QED) is 0.550. The van der Waals surface area contributed by atoms with Gasteiger partial charge in [0, 0.05) is 19.7 Å². The molecule has 0 heterocycles. The van der Waals surface area contributed by atoms with E-state index in [-0.39, 0.29) is 0 Å². The van der Waals surface area contributed by atoms with Gasteiger partial charge in [-0.15, -0.1) is 0 Å². The Morgan fingerprint density at radius 2 is 1.94 bits per heavy atom. The van der Waals surface area contributed by atoms with Crippen LogP contribution in [0.15, 0.2) is 36.4 Å². The highest BCUT2D eigenvalue weighted by Crippen LogP contribution is 2.33. The Labute approximate surface area is 125 Å². The maximum absolute atomic E-state index is 11.2. The number of carbonyl (C=O) groups is 1. The van der Waals surface area contributed by atoms with Gasteiger partial charge in [0.15, 0.2) is 0 Å². The number of rotatable bonds is 3. The van der Waals surface area contributed by atoms with Crippen molar-refractivity contribution in [2.75, 3.05) is 0 Å². The second-order valence-electron chi connectivity index (χ2n) is 3.97. The van der Waals surface area contributed by atoms with E-state index in [1.54, 1.807) is 0 Å². The molecule has 0 fully saturated rings. The molecule has 0 spiro atoms. The lowest BCUT2D eigenvalue weighted by Crippen LogP contribution is -1.97. The fourth-order valence-electron chi connectivity index (χ4n) is 2.08. The minimum absolute atomic E-state index is 0.714. The van der Waals surface area contributed by atoms with E-state index in [9.17, 15) is 4.79 Å². The molecule has 92 valence electrons. The van der Waals surface area contributed by atoms with Gasteiger partial charge in [0.1, 0.15) is 6.29 Å². The van der Waals surface area contributed by atoms with Crippen molar-refractivity contribution in [3.05, 3.63) is 56.1 Å². The predicted molar refractivity (Wildman–Crippen MR) is 84.4 cm³/mol. The zero-order valence-corrected chi connectivity index (χ0v) is 12.8. The third-order valence-corrected chi connectivity index (χ3v) is 3.85. The summed E-state index contributed by atoms with van der Waals surface area (Å²) in [7, 11) is 0. The third kappa shape index (κ3) is 2.59. The molecule has 3 heteroatoms. The molecule has 18 heavy (non-hydrogen) atoms. The molecule has 0 aromatic heterocycles. The highest BCUT2D eigenvalue weighted by Gasteiger charge is 2.12. The first-order valence-corrected chi connectivity index (χ1v) is 7.15. The van der Waals surface area contributed by atoms with E-state index in [2.05, 4.69) is 35.6 Å². The summed E-state index contributed by atoms with van der Waals surface area (Å²) < 4.78 is 1.04. The van der Waals surface area contributed by atoms with Crippen LogP contribution in [0.1, 0.15) is 22.8 Å². The fourth-order valence-corrected chi connectivity index (χ4v) is 2.96. The van der Waals surface area contributed by atoms with Crippen molar-refractivity contribution in [1.82, 2.24) is 0 Å². The lowest BCUT2D eigenvalue weighted by molar-refractivity contribution is 0.112. The topological polar surface area (TPSA) is 17.1 Å². The van der Waals surface area contributed by atoms with Crippen molar-refractivity contribution in [2.45, 2.75) is 13.3 Å². The monoisotopic (exact) mass is 370 g/mol. The van der Waals surface area contributed by atoms with Crippen LogP contribution >= 0.6 is 34.2 Å². The van der Waals surface area contributed by atoms with Gasteiger partial charge in [-0.3, -0.25) is 4.79 Å². The summed E-state index contributed by atoms with van der Waals surface area (Å²) in [6.45, 7) is 2.05. The van der Waals surface area contributed by atoms with E-state index in [0.29, 0.717) is 5.02 Å². The Hall–Kier alpha value is -0.870. The summed E-state index contributed by atoms with van der Waals surface area (Å²) in [5.41, 5.74) is 3.84. The summed E-state index contributed by atoms with van der Waals surface area (Å²) in [6.07, 6.45) is 1.73. The van der Waals surface area contributed by atoms with Crippen LogP contribution < -0.4 is 0 Å². The summed E-state index contributed by atoms with van der Waals surface area (Å²) in [5, 5.41) is 0.714. The van der Waals surface area contributed by atoms with E-state index < -0.39 is 0 Å². The smallest absolute Gasteiger partial charge is 0.150 e. The maximum atomic E-state index is 11.2. The minimum atomic E-state index is 0.714. The van der Waals surface area contributed by atoms with Gasteiger partial charge in [-0.2, -0.15) is 0 Å². The lowest BCUT2D eigenvalue weighted by atomic mass is 9.94. The van der Waals surface area contributed by atoms with Crippen molar-refractivity contribution in [3.63, 3.8) is 0 Å². The van der Waals surface area contributed by atoms with Gasteiger partial charge >= 0.3 is 0 Å². The molecule has 1 nitrogen and oxygen atoms in total. The molecule has 0 saturated carbocycles. The van der Waals surface area contributed by atoms with Crippen LogP contribution in [0, 0.1) is 3.57 Å². The van der Waals surface area contributed by atoms with Crippen LogP contribution in [0.25, 0.3) is 11.1 Å². The van der Waals surface area contributed by atoms with Crippen molar-refractivity contribution >= 4 is 40.5 Å². The standard InChI is InChI=1S/C15H12ClIO/c1-2-12-10(9-18)7-11(17)8-14(12)13-5-3-4-6-15(13)16/h3-9H,2H2,1H3. The number of carbonyl (C=O) groups excluding carboxylic acids is 1. The highest BCUT2D eigenvalue weighted by molar-refractivity contribution is 14.1. The second kappa shape index (κ2) is 5.85. The summed E-state index contributed by atoms with van der Waals surface area (Å²) in [5.74, 6) is 0. The summed E-state index contributed by atoms with van der Waals surface area (Å²) in [6, 6.07) is 11.7. The Balaban J connectivity index is 2.74. The first-order chi connectivity index (χ1) is 8.67. The fraction of sp³-hybridized carbons (Fsp3) is 0.133. The Bertz CT molecular complexity index is 593. The van der Waals surface area contributed by atoms with Crippen molar-refractivity contribution < 1.29 is 4.79 Å². The van der Waals surface area contributed by atoms with Crippen LogP contribution in [0.4, 0.5) is 0 Å². The number of halogens is 2. The highest BCUT2D eigenvalue weighted by atomic mass is 127.